The van der Waals surface area contributed by atoms with Crippen molar-refractivity contribution in [2.75, 3.05) is 19.1 Å². The molecule has 0 saturated heterocycles. The number of hydrogen-bond acceptors (Lipinski definition) is 4. The number of nitro benzene ring substituents is 1. The molecule has 0 unspecified atom stereocenters. The van der Waals surface area contributed by atoms with E-state index in [1.54, 1.807) is 13.2 Å². The Morgan fingerprint density at radius 2 is 1.90 bits per heavy atom. The zero-order chi connectivity index (χ0) is 15.4. The molecule has 0 bridgehead atoms. The summed E-state index contributed by atoms with van der Waals surface area (Å²) in [5, 5.41) is 11.1. The van der Waals surface area contributed by atoms with Crippen LogP contribution in [0.2, 0.25) is 5.02 Å². The third-order valence-electron chi connectivity index (χ3n) is 3.13. The zero-order valence-corrected chi connectivity index (χ0v) is 12.5. The summed E-state index contributed by atoms with van der Waals surface area (Å²) in [6.07, 6.45) is 0. The first-order valence-corrected chi connectivity index (χ1v) is 6.67. The van der Waals surface area contributed by atoms with Crippen molar-refractivity contribution >= 4 is 23.0 Å². The predicted octanol–water partition coefficient (Wildman–Crippen LogP) is 3.89. The highest BCUT2D eigenvalue weighted by Gasteiger charge is 2.12. The third-order valence-corrected chi connectivity index (χ3v) is 3.43. The number of hydrogen-bond donors (Lipinski definition) is 0. The number of nitrogens with zero attached hydrogens (tertiary/aromatic N) is 2. The molecule has 21 heavy (non-hydrogen) atoms. The van der Waals surface area contributed by atoms with E-state index in [0.29, 0.717) is 11.6 Å². The lowest BCUT2D eigenvalue weighted by Crippen LogP contribution is -2.16. The quantitative estimate of drug-likeness (QED) is 0.621. The van der Waals surface area contributed by atoms with Gasteiger partial charge in [0.05, 0.1) is 22.7 Å². The first-order valence-electron chi connectivity index (χ1n) is 6.29. The molecule has 110 valence electrons. The fourth-order valence-corrected chi connectivity index (χ4v) is 2.33. The number of rotatable bonds is 5. The average Bonchev–Trinajstić information content (AvgIpc) is 2.47. The molecule has 2 rings (SSSR count). The SMILES string of the molecule is COc1ccc(CN(C)c2ccc([N+](=O)[O-])cc2Cl)cc1. The van der Waals surface area contributed by atoms with Crippen LogP contribution in [0.1, 0.15) is 5.56 Å². The summed E-state index contributed by atoms with van der Waals surface area (Å²) < 4.78 is 5.11. The van der Waals surface area contributed by atoms with E-state index < -0.39 is 4.92 Å². The topological polar surface area (TPSA) is 55.6 Å². The molecule has 0 spiro atoms. The fraction of sp³-hybridized carbons (Fsp3) is 0.200. The van der Waals surface area contributed by atoms with Crippen molar-refractivity contribution in [3.8, 4) is 5.75 Å². The van der Waals surface area contributed by atoms with Crippen molar-refractivity contribution in [3.05, 3.63) is 63.2 Å². The Hall–Kier alpha value is -2.27. The maximum atomic E-state index is 10.7. The van der Waals surface area contributed by atoms with Crippen LogP contribution in [0, 0.1) is 10.1 Å². The van der Waals surface area contributed by atoms with Gasteiger partial charge in [0.25, 0.3) is 5.69 Å². The van der Waals surface area contributed by atoms with Crippen LogP contribution in [0.25, 0.3) is 0 Å². The molecule has 0 aromatic heterocycles. The summed E-state index contributed by atoms with van der Waals surface area (Å²) >= 11 is 6.12. The van der Waals surface area contributed by atoms with E-state index in [1.165, 1.54) is 12.1 Å². The molecule has 0 N–H and O–H groups in total. The minimum absolute atomic E-state index is 0.0124. The second kappa shape index (κ2) is 6.45. The lowest BCUT2D eigenvalue weighted by Gasteiger charge is -2.20. The van der Waals surface area contributed by atoms with E-state index in [0.717, 1.165) is 17.0 Å². The minimum atomic E-state index is -0.459. The molecule has 0 aliphatic rings. The van der Waals surface area contributed by atoms with Crippen LogP contribution in [0.5, 0.6) is 5.75 Å². The van der Waals surface area contributed by atoms with Gasteiger partial charge in [0, 0.05) is 25.7 Å². The number of ether oxygens (including phenoxy) is 1. The largest absolute Gasteiger partial charge is 0.497 e. The highest BCUT2D eigenvalue weighted by molar-refractivity contribution is 6.33. The number of nitro groups is 1. The summed E-state index contributed by atoms with van der Waals surface area (Å²) in [5.74, 6) is 0.801. The summed E-state index contributed by atoms with van der Waals surface area (Å²) in [6, 6.07) is 12.2. The fourth-order valence-electron chi connectivity index (χ4n) is 2.01. The van der Waals surface area contributed by atoms with E-state index in [-0.39, 0.29) is 5.69 Å². The molecule has 2 aromatic rings. The lowest BCUT2D eigenvalue weighted by molar-refractivity contribution is -0.384. The van der Waals surface area contributed by atoms with Crippen LogP contribution >= 0.6 is 11.6 Å². The van der Waals surface area contributed by atoms with Crippen molar-refractivity contribution < 1.29 is 9.66 Å². The number of benzene rings is 2. The van der Waals surface area contributed by atoms with E-state index in [9.17, 15) is 10.1 Å². The summed E-state index contributed by atoms with van der Waals surface area (Å²) in [4.78, 5) is 12.2. The van der Waals surface area contributed by atoms with Crippen molar-refractivity contribution in [1.29, 1.82) is 0 Å². The molecule has 0 atom stereocenters. The Labute approximate surface area is 127 Å². The van der Waals surface area contributed by atoms with E-state index in [1.807, 2.05) is 36.2 Å². The molecule has 6 heteroatoms. The maximum absolute atomic E-state index is 10.7. The van der Waals surface area contributed by atoms with Gasteiger partial charge >= 0.3 is 0 Å². The van der Waals surface area contributed by atoms with Gasteiger partial charge in [0.2, 0.25) is 0 Å². The number of anilines is 1. The van der Waals surface area contributed by atoms with Crippen LogP contribution < -0.4 is 9.64 Å². The zero-order valence-electron chi connectivity index (χ0n) is 11.7. The Morgan fingerprint density at radius 3 is 2.43 bits per heavy atom. The van der Waals surface area contributed by atoms with Crippen LogP contribution in [-0.4, -0.2) is 19.1 Å². The molecule has 0 radical (unpaired) electrons. The molecule has 2 aromatic carbocycles. The smallest absolute Gasteiger partial charge is 0.271 e. The molecule has 5 nitrogen and oxygen atoms in total. The van der Waals surface area contributed by atoms with Crippen LogP contribution in [0.15, 0.2) is 42.5 Å². The Morgan fingerprint density at radius 1 is 1.24 bits per heavy atom. The molecule has 0 saturated carbocycles. The van der Waals surface area contributed by atoms with Crippen molar-refractivity contribution in [1.82, 2.24) is 0 Å². The number of non-ortho nitro benzene ring substituents is 1. The van der Waals surface area contributed by atoms with E-state index >= 15 is 0 Å². The second-order valence-electron chi connectivity index (χ2n) is 4.60. The molecule has 0 amide bonds. The Bertz CT molecular complexity index is 644. The Balaban J connectivity index is 2.15. The van der Waals surface area contributed by atoms with Crippen LogP contribution in [0.3, 0.4) is 0 Å². The van der Waals surface area contributed by atoms with Gasteiger partial charge in [-0.05, 0) is 23.8 Å². The van der Waals surface area contributed by atoms with Crippen LogP contribution in [-0.2, 0) is 6.54 Å². The van der Waals surface area contributed by atoms with Gasteiger partial charge in [0.15, 0.2) is 0 Å². The van der Waals surface area contributed by atoms with Gasteiger partial charge in [-0.3, -0.25) is 10.1 Å². The van der Waals surface area contributed by atoms with E-state index in [4.69, 9.17) is 16.3 Å². The van der Waals surface area contributed by atoms with Crippen molar-refractivity contribution in [2.24, 2.45) is 0 Å². The summed E-state index contributed by atoms with van der Waals surface area (Å²) in [5.41, 5.74) is 1.83. The van der Waals surface area contributed by atoms with Gasteiger partial charge in [-0.1, -0.05) is 23.7 Å². The molecule has 0 fully saturated rings. The van der Waals surface area contributed by atoms with Gasteiger partial charge in [0.1, 0.15) is 5.75 Å². The third kappa shape index (κ3) is 3.64. The number of methoxy groups -OCH3 is 1. The highest BCUT2D eigenvalue weighted by atomic mass is 35.5. The first kappa shape index (κ1) is 15.1. The van der Waals surface area contributed by atoms with Gasteiger partial charge in [-0.2, -0.15) is 0 Å². The molecule has 0 aliphatic heterocycles. The molecular weight excluding hydrogens is 292 g/mol. The van der Waals surface area contributed by atoms with Gasteiger partial charge in [-0.25, -0.2) is 0 Å². The predicted molar refractivity (Wildman–Crippen MR) is 83.2 cm³/mol. The maximum Gasteiger partial charge on any atom is 0.271 e. The van der Waals surface area contributed by atoms with Crippen LogP contribution in [0.4, 0.5) is 11.4 Å². The second-order valence-corrected chi connectivity index (χ2v) is 5.00. The summed E-state index contributed by atoms with van der Waals surface area (Å²) in [6.45, 7) is 0.640. The van der Waals surface area contributed by atoms with Crippen molar-refractivity contribution in [2.45, 2.75) is 6.54 Å². The van der Waals surface area contributed by atoms with Gasteiger partial charge in [-0.15, -0.1) is 0 Å². The highest BCUT2D eigenvalue weighted by Crippen LogP contribution is 2.30. The summed E-state index contributed by atoms with van der Waals surface area (Å²) in [7, 11) is 3.51. The van der Waals surface area contributed by atoms with E-state index in [2.05, 4.69) is 0 Å². The van der Waals surface area contributed by atoms with Gasteiger partial charge < -0.3 is 9.64 Å². The normalized spacial score (nSPS) is 10.2. The monoisotopic (exact) mass is 306 g/mol. The standard InChI is InChI=1S/C15H15ClN2O3/c1-17(10-11-3-6-13(21-2)7-4-11)15-8-5-12(18(19)20)9-14(15)16/h3-9H,10H2,1-2H3. The molecule has 0 heterocycles. The van der Waals surface area contributed by atoms with Crippen molar-refractivity contribution in [3.63, 3.8) is 0 Å². The minimum Gasteiger partial charge on any atom is -0.497 e. The lowest BCUT2D eigenvalue weighted by atomic mass is 10.2. The Kier molecular flexibility index (Phi) is 4.65. The average molecular weight is 307 g/mol. The first-order chi connectivity index (χ1) is 10.0. The molecule has 0 aliphatic carbocycles. The molecular formula is C15H15ClN2O3. The number of halogens is 1.